The fourth-order valence-electron chi connectivity index (χ4n) is 2.34. The standard InChI is InChI=1S/C18H16O4/c1-18(14-6-4-3-5-7-14)21-16(12-17(19)22-18)13-8-10-15(20-2)11-9-13/h3-12H,1-2H3/t18-/m0/s1. The first kappa shape index (κ1) is 14.2. The second-order valence-electron chi connectivity index (χ2n) is 5.07. The summed E-state index contributed by atoms with van der Waals surface area (Å²) in [5.74, 6) is -0.343. The highest BCUT2D eigenvalue weighted by Crippen LogP contribution is 2.36. The highest BCUT2D eigenvalue weighted by molar-refractivity contribution is 5.91. The maximum absolute atomic E-state index is 12.0. The molecular weight excluding hydrogens is 280 g/mol. The fourth-order valence-corrected chi connectivity index (χ4v) is 2.34. The smallest absolute Gasteiger partial charge is 0.338 e. The van der Waals surface area contributed by atoms with Crippen molar-refractivity contribution in [3.8, 4) is 5.75 Å². The molecule has 0 bridgehead atoms. The number of carbonyl (C=O) groups is 1. The van der Waals surface area contributed by atoms with Crippen LogP contribution in [-0.4, -0.2) is 13.1 Å². The molecule has 1 atom stereocenters. The van der Waals surface area contributed by atoms with Gasteiger partial charge in [0.1, 0.15) is 11.5 Å². The average molecular weight is 296 g/mol. The van der Waals surface area contributed by atoms with Crippen molar-refractivity contribution in [1.82, 2.24) is 0 Å². The number of rotatable bonds is 3. The van der Waals surface area contributed by atoms with Crippen LogP contribution in [0.3, 0.4) is 0 Å². The average Bonchev–Trinajstić information content (AvgIpc) is 2.55. The maximum Gasteiger partial charge on any atom is 0.338 e. The van der Waals surface area contributed by atoms with Crippen molar-refractivity contribution >= 4 is 11.7 Å². The van der Waals surface area contributed by atoms with Crippen LogP contribution in [0, 0.1) is 0 Å². The third-order valence-corrected chi connectivity index (χ3v) is 3.52. The van der Waals surface area contributed by atoms with Gasteiger partial charge in [0.2, 0.25) is 0 Å². The minimum Gasteiger partial charge on any atom is -0.497 e. The highest BCUT2D eigenvalue weighted by atomic mass is 16.7. The first-order chi connectivity index (χ1) is 10.6. The monoisotopic (exact) mass is 296 g/mol. The van der Waals surface area contributed by atoms with Crippen molar-refractivity contribution < 1.29 is 19.0 Å². The van der Waals surface area contributed by atoms with Crippen molar-refractivity contribution in [3.05, 3.63) is 71.8 Å². The van der Waals surface area contributed by atoms with E-state index in [2.05, 4.69) is 0 Å². The van der Waals surface area contributed by atoms with Gasteiger partial charge >= 0.3 is 5.97 Å². The number of ether oxygens (including phenoxy) is 3. The van der Waals surface area contributed by atoms with Gasteiger partial charge in [0, 0.05) is 18.1 Å². The molecule has 2 aromatic carbocycles. The van der Waals surface area contributed by atoms with Gasteiger partial charge in [-0.25, -0.2) is 4.79 Å². The second kappa shape index (κ2) is 5.56. The molecule has 4 nitrogen and oxygen atoms in total. The van der Waals surface area contributed by atoms with Crippen molar-refractivity contribution in [2.24, 2.45) is 0 Å². The highest BCUT2D eigenvalue weighted by Gasteiger charge is 2.37. The van der Waals surface area contributed by atoms with E-state index in [1.165, 1.54) is 6.08 Å². The Hall–Kier alpha value is -2.75. The van der Waals surface area contributed by atoms with Crippen LogP contribution >= 0.6 is 0 Å². The van der Waals surface area contributed by atoms with Gasteiger partial charge in [-0.05, 0) is 24.3 Å². The summed E-state index contributed by atoms with van der Waals surface area (Å²) in [5, 5.41) is 0. The molecule has 3 rings (SSSR count). The largest absolute Gasteiger partial charge is 0.497 e. The first-order valence-corrected chi connectivity index (χ1v) is 6.94. The van der Waals surface area contributed by atoms with Gasteiger partial charge in [0.25, 0.3) is 5.79 Å². The quantitative estimate of drug-likeness (QED) is 0.813. The molecule has 1 heterocycles. The van der Waals surface area contributed by atoms with Gasteiger partial charge in [-0.15, -0.1) is 0 Å². The number of benzene rings is 2. The number of cyclic esters (lactones) is 1. The van der Waals surface area contributed by atoms with Gasteiger partial charge in [-0.1, -0.05) is 30.3 Å². The van der Waals surface area contributed by atoms with Crippen molar-refractivity contribution in [3.63, 3.8) is 0 Å². The molecule has 0 unspecified atom stereocenters. The fraction of sp³-hybridized carbons (Fsp3) is 0.167. The molecular formula is C18H16O4. The number of methoxy groups -OCH3 is 1. The molecule has 0 saturated carbocycles. The van der Waals surface area contributed by atoms with Crippen LogP contribution in [0.4, 0.5) is 0 Å². The van der Waals surface area contributed by atoms with Crippen molar-refractivity contribution in [1.29, 1.82) is 0 Å². The molecule has 0 radical (unpaired) electrons. The lowest BCUT2D eigenvalue weighted by molar-refractivity contribution is -0.206. The lowest BCUT2D eigenvalue weighted by atomic mass is 10.1. The lowest BCUT2D eigenvalue weighted by Gasteiger charge is -2.34. The van der Waals surface area contributed by atoms with Gasteiger partial charge in [-0.3, -0.25) is 0 Å². The summed E-state index contributed by atoms with van der Waals surface area (Å²) in [6.45, 7) is 1.73. The van der Waals surface area contributed by atoms with E-state index in [1.807, 2.05) is 54.6 Å². The molecule has 1 aliphatic rings. The Labute approximate surface area is 128 Å². The Bertz CT molecular complexity index is 704. The predicted octanol–water partition coefficient (Wildman–Crippen LogP) is 3.48. The minimum atomic E-state index is -1.14. The summed E-state index contributed by atoms with van der Waals surface area (Å²) in [4.78, 5) is 12.0. The van der Waals surface area contributed by atoms with Gasteiger partial charge < -0.3 is 14.2 Å². The van der Waals surface area contributed by atoms with Crippen LogP contribution in [0.1, 0.15) is 18.1 Å². The molecule has 2 aromatic rings. The molecule has 0 saturated heterocycles. The van der Waals surface area contributed by atoms with E-state index < -0.39 is 11.8 Å². The Morgan fingerprint density at radius 2 is 1.64 bits per heavy atom. The van der Waals surface area contributed by atoms with Crippen molar-refractivity contribution in [2.75, 3.05) is 7.11 Å². The van der Waals surface area contributed by atoms with Crippen LogP contribution in [0.2, 0.25) is 0 Å². The Morgan fingerprint density at radius 3 is 2.27 bits per heavy atom. The Kier molecular flexibility index (Phi) is 3.59. The summed E-state index contributed by atoms with van der Waals surface area (Å²) in [6.07, 6.45) is 1.35. The van der Waals surface area contributed by atoms with Crippen LogP contribution in [0.5, 0.6) is 5.75 Å². The summed E-state index contributed by atoms with van der Waals surface area (Å²) in [7, 11) is 1.61. The van der Waals surface area contributed by atoms with Crippen LogP contribution in [-0.2, 0) is 20.1 Å². The van der Waals surface area contributed by atoms with Gasteiger partial charge in [0.15, 0.2) is 0 Å². The summed E-state index contributed by atoms with van der Waals surface area (Å²) >= 11 is 0. The summed E-state index contributed by atoms with van der Waals surface area (Å²) in [6, 6.07) is 16.7. The molecule has 0 N–H and O–H groups in total. The number of hydrogen-bond donors (Lipinski definition) is 0. The Morgan fingerprint density at radius 1 is 0.955 bits per heavy atom. The number of esters is 1. The molecule has 22 heavy (non-hydrogen) atoms. The topological polar surface area (TPSA) is 44.8 Å². The third kappa shape index (κ3) is 2.68. The van der Waals surface area contributed by atoms with Crippen molar-refractivity contribution in [2.45, 2.75) is 12.7 Å². The zero-order chi connectivity index (χ0) is 15.6. The normalized spacial score (nSPS) is 20.6. The van der Waals surface area contributed by atoms with Crippen LogP contribution in [0.15, 0.2) is 60.7 Å². The second-order valence-corrected chi connectivity index (χ2v) is 5.07. The molecule has 1 aliphatic heterocycles. The zero-order valence-corrected chi connectivity index (χ0v) is 12.4. The SMILES string of the molecule is COc1ccc(C2=CC(=O)O[C@@](C)(c3ccccc3)O2)cc1. The summed E-state index contributed by atoms with van der Waals surface area (Å²) in [5.41, 5.74) is 1.57. The summed E-state index contributed by atoms with van der Waals surface area (Å²) < 4.78 is 16.5. The molecule has 0 spiro atoms. The first-order valence-electron chi connectivity index (χ1n) is 6.94. The third-order valence-electron chi connectivity index (χ3n) is 3.52. The van der Waals surface area contributed by atoms with E-state index in [1.54, 1.807) is 14.0 Å². The van der Waals surface area contributed by atoms with Crippen LogP contribution < -0.4 is 4.74 Å². The minimum absolute atomic E-state index is 0.427. The lowest BCUT2D eigenvalue weighted by Crippen LogP contribution is -2.34. The van der Waals surface area contributed by atoms with E-state index in [9.17, 15) is 4.79 Å². The maximum atomic E-state index is 12.0. The zero-order valence-electron chi connectivity index (χ0n) is 12.4. The molecule has 112 valence electrons. The predicted molar refractivity (Wildman–Crippen MR) is 81.9 cm³/mol. The molecule has 0 aromatic heterocycles. The van der Waals surface area contributed by atoms with E-state index in [4.69, 9.17) is 14.2 Å². The van der Waals surface area contributed by atoms with Crippen LogP contribution in [0.25, 0.3) is 5.76 Å². The molecule has 0 aliphatic carbocycles. The molecule has 0 amide bonds. The molecule has 0 fully saturated rings. The number of carbonyl (C=O) groups excluding carboxylic acids is 1. The van der Waals surface area contributed by atoms with E-state index in [-0.39, 0.29) is 0 Å². The van der Waals surface area contributed by atoms with E-state index >= 15 is 0 Å². The van der Waals surface area contributed by atoms with E-state index in [0.717, 1.165) is 16.9 Å². The number of hydrogen-bond acceptors (Lipinski definition) is 4. The van der Waals surface area contributed by atoms with Gasteiger partial charge in [0.05, 0.1) is 13.2 Å². The Balaban J connectivity index is 1.94. The van der Waals surface area contributed by atoms with E-state index in [0.29, 0.717) is 5.76 Å². The molecule has 4 heteroatoms. The van der Waals surface area contributed by atoms with Gasteiger partial charge in [-0.2, -0.15) is 0 Å².